The van der Waals surface area contributed by atoms with E-state index < -0.39 is 11.4 Å². The fraction of sp³-hybridized carbons (Fsp3) is 0.353. The molecule has 0 unspecified atom stereocenters. The van der Waals surface area contributed by atoms with Crippen molar-refractivity contribution in [3.8, 4) is 0 Å². The number of benzene rings is 1. The number of carbonyl (C=O) groups excluding carboxylic acids is 1. The normalized spacial score (nSPS) is 14.5. The minimum absolute atomic E-state index is 0.182. The molecule has 1 amide bonds. The number of amides is 1. The van der Waals surface area contributed by atoms with Gasteiger partial charge in [-0.3, -0.25) is 9.59 Å². The van der Waals surface area contributed by atoms with Crippen LogP contribution >= 0.6 is 0 Å². The van der Waals surface area contributed by atoms with Gasteiger partial charge < -0.3 is 14.9 Å². The second kappa shape index (κ2) is 5.53. The van der Waals surface area contributed by atoms with E-state index in [1.807, 2.05) is 0 Å². The third-order valence-electron chi connectivity index (χ3n) is 4.15. The molecule has 0 atom stereocenters. The van der Waals surface area contributed by atoms with Gasteiger partial charge in [0.1, 0.15) is 0 Å². The number of rotatable bonds is 5. The van der Waals surface area contributed by atoms with Crippen LogP contribution in [0.2, 0.25) is 0 Å². The second-order valence-corrected chi connectivity index (χ2v) is 6.35. The number of carboxylic acids is 1. The van der Waals surface area contributed by atoms with E-state index in [4.69, 9.17) is 4.52 Å². The molecule has 0 radical (unpaired) electrons. The molecule has 0 aliphatic heterocycles. The molecule has 0 bridgehead atoms. The number of carboxylic acid groups (broad SMARTS) is 1. The van der Waals surface area contributed by atoms with Crippen LogP contribution in [0.4, 0.5) is 5.69 Å². The average Bonchev–Trinajstić information content (AvgIpc) is 3.24. The van der Waals surface area contributed by atoms with Crippen LogP contribution in [0.1, 0.15) is 54.4 Å². The first kappa shape index (κ1) is 15.3. The van der Waals surface area contributed by atoms with Crippen LogP contribution in [-0.2, 0) is 10.2 Å². The smallest absolute Gasteiger partial charge is 0.313 e. The van der Waals surface area contributed by atoms with Crippen LogP contribution in [0, 0.1) is 0 Å². The molecule has 1 aromatic heterocycles. The number of nitrogens with zero attached hydrogens (tertiary/aromatic N) is 1. The molecule has 6 heteroatoms. The zero-order chi connectivity index (χ0) is 16.6. The van der Waals surface area contributed by atoms with Crippen LogP contribution in [0.5, 0.6) is 0 Å². The average molecular weight is 314 g/mol. The molecule has 1 fully saturated rings. The lowest BCUT2D eigenvalue weighted by Crippen LogP contribution is -2.28. The molecule has 1 saturated carbocycles. The lowest BCUT2D eigenvalue weighted by atomic mass is 9.85. The molecule has 0 spiro atoms. The van der Waals surface area contributed by atoms with E-state index in [1.165, 1.54) is 0 Å². The molecule has 2 N–H and O–H groups in total. The van der Waals surface area contributed by atoms with Crippen molar-refractivity contribution in [3.05, 3.63) is 47.3 Å². The van der Waals surface area contributed by atoms with E-state index in [0.29, 0.717) is 17.2 Å². The van der Waals surface area contributed by atoms with Crippen molar-refractivity contribution in [2.75, 3.05) is 5.32 Å². The first-order valence-electron chi connectivity index (χ1n) is 7.50. The summed E-state index contributed by atoms with van der Waals surface area (Å²) in [6.45, 7) is 3.27. The highest BCUT2D eigenvalue weighted by Gasteiger charge is 2.30. The van der Waals surface area contributed by atoms with Crippen LogP contribution < -0.4 is 5.32 Å². The zero-order valence-electron chi connectivity index (χ0n) is 13.0. The molecule has 1 heterocycles. The highest BCUT2D eigenvalue weighted by molar-refractivity contribution is 6.02. The first-order chi connectivity index (χ1) is 10.9. The maximum absolute atomic E-state index is 12.1. The van der Waals surface area contributed by atoms with Crippen LogP contribution in [-0.4, -0.2) is 22.1 Å². The summed E-state index contributed by atoms with van der Waals surface area (Å²) < 4.78 is 5.07. The van der Waals surface area contributed by atoms with Gasteiger partial charge in [0.15, 0.2) is 0 Å². The molecule has 1 aromatic carbocycles. The summed E-state index contributed by atoms with van der Waals surface area (Å²) in [5.74, 6) is -0.655. The van der Waals surface area contributed by atoms with Crippen LogP contribution in [0.3, 0.4) is 0 Å². The molecular formula is C17H18N2O4. The maximum Gasteiger partial charge on any atom is 0.313 e. The molecule has 0 saturated heterocycles. The van der Waals surface area contributed by atoms with Gasteiger partial charge >= 0.3 is 5.97 Å². The Morgan fingerprint density at radius 1 is 1.26 bits per heavy atom. The summed E-state index contributed by atoms with van der Waals surface area (Å²) in [5, 5.41) is 15.8. The number of aromatic nitrogens is 1. The van der Waals surface area contributed by atoms with E-state index >= 15 is 0 Å². The summed E-state index contributed by atoms with van der Waals surface area (Å²) in [7, 11) is 0. The van der Waals surface area contributed by atoms with Gasteiger partial charge in [0.05, 0.1) is 11.1 Å². The molecule has 23 heavy (non-hydrogen) atoms. The summed E-state index contributed by atoms with van der Waals surface area (Å²) in [6, 6.07) is 8.42. The van der Waals surface area contributed by atoms with Crippen molar-refractivity contribution >= 4 is 17.6 Å². The van der Waals surface area contributed by atoms with Gasteiger partial charge in [-0.05, 0) is 44.4 Å². The lowest BCUT2D eigenvalue weighted by molar-refractivity contribution is -0.142. The molecule has 3 rings (SSSR count). The van der Waals surface area contributed by atoms with E-state index in [1.54, 1.807) is 44.2 Å². The predicted octanol–water partition coefficient (Wildman–Crippen LogP) is 3.17. The Labute approximate surface area is 133 Å². The first-order valence-corrected chi connectivity index (χ1v) is 7.50. The topological polar surface area (TPSA) is 92.4 Å². The Kier molecular flexibility index (Phi) is 3.67. The molecule has 1 aliphatic rings. The summed E-state index contributed by atoms with van der Waals surface area (Å²) in [6.07, 6.45) is 2.18. The highest BCUT2D eigenvalue weighted by atomic mass is 16.5. The predicted molar refractivity (Wildman–Crippen MR) is 83.5 cm³/mol. The highest BCUT2D eigenvalue weighted by Crippen LogP contribution is 2.39. The monoisotopic (exact) mass is 314 g/mol. The molecule has 1 aliphatic carbocycles. The van der Waals surface area contributed by atoms with Gasteiger partial charge in [-0.2, -0.15) is 0 Å². The van der Waals surface area contributed by atoms with Crippen molar-refractivity contribution < 1.29 is 19.2 Å². The van der Waals surface area contributed by atoms with Crippen molar-refractivity contribution in [2.24, 2.45) is 0 Å². The number of aliphatic carboxylic acids is 1. The standard InChI is InChI=1S/C17H18N2O4/c1-17(2,16(21)22)11-5-7-12(8-6-11)18-15(20)14-9-13(19-23-14)10-3-4-10/h5-10H,3-4H2,1-2H3,(H,18,20)(H,21,22). The van der Waals surface area contributed by atoms with E-state index in [-0.39, 0.29) is 11.7 Å². The second-order valence-electron chi connectivity index (χ2n) is 6.35. The minimum Gasteiger partial charge on any atom is -0.481 e. The Morgan fingerprint density at radius 2 is 1.91 bits per heavy atom. The third kappa shape index (κ3) is 3.11. The van der Waals surface area contributed by atoms with Gasteiger partial charge in [0, 0.05) is 17.7 Å². The minimum atomic E-state index is -0.980. The van der Waals surface area contributed by atoms with Crippen molar-refractivity contribution in [3.63, 3.8) is 0 Å². The number of nitrogens with one attached hydrogen (secondary N) is 1. The zero-order valence-corrected chi connectivity index (χ0v) is 13.0. The van der Waals surface area contributed by atoms with Crippen molar-refractivity contribution in [1.82, 2.24) is 5.16 Å². The van der Waals surface area contributed by atoms with Gasteiger partial charge in [-0.25, -0.2) is 0 Å². The Bertz CT molecular complexity index is 742. The Hall–Kier alpha value is -2.63. The Balaban J connectivity index is 1.70. The number of anilines is 1. The molecule has 6 nitrogen and oxygen atoms in total. The van der Waals surface area contributed by atoms with E-state index in [0.717, 1.165) is 18.5 Å². The summed E-state index contributed by atoms with van der Waals surface area (Å²) >= 11 is 0. The molecule has 2 aromatic rings. The fourth-order valence-electron chi connectivity index (χ4n) is 2.25. The largest absolute Gasteiger partial charge is 0.481 e. The van der Waals surface area contributed by atoms with Crippen molar-refractivity contribution in [1.29, 1.82) is 0 Å². The van der Waals surface area contributed by atoms with Crippen LogP contribution in [0.25, 0.3) is 0 Å². The number of hydrogen-bond acceptors (Lipinski definition) is 4. The van der Waals surface area contributed by atoms with Gasteiger partial charge in [-0.1, -0.05) is 17.3 Å². The SMILES string of the molecule is CC(C)(C(=O)O)c1ccc(NC(=O)c2cc(C3CC3)no2)cc1. The van der Waals surface area contributed by atoms with E-state index in [2.05, 4.69) is 10.5 Å². The molecular weight excluding hydrogens is 296 g/mol. The summed E-state index contributed by atoms with van der Waals surface area (Å²) in [5.41, 5.74) is 1.09. The van der Waals surface area contributed by atoms with E-state index in [9.17, 15) is 14.7 Å². The lowest BCUT2D eigenvalue weighted by Gasteiger charge is -2.19. The maximum atomic E-state index is 12.1. The van der Waals surface area contributed by atoms with Crippen LogP contribution in [0.15, 0.2) is 34.9 Å². The van der Waals surface area contributed by atoms with Crippen molar-refractivity contribution in [2.45, 2.75) is 38.0 Å². The number of hydrogen-bond donors (Lipinski definition) is 2. The van der Waals surface area contributed by atoms with Gasteiger partial charge in [-0.15, -0.1) is 0 Å². The molecule has 120 valence electrons. The Morgan fingerprint density at radius 3 is 2.48 bits per heavy atom. The quantitative estimate of drug-likeness (QED) is 0.884. The fourth-order valence-corrected chi connectivity index (χ4v) is 2.25. The summed E-state index contributed by atoms with van der Waals surface area (Å²) in [4.78, 5) is 23.4. The van der Waals surface area contributed by atoms with Gasteiger partial charge in [0.2, 0.25) is 5.76 Å². The third-order valence-corrected chi connectivity index (χ3v) is 4.15. The van der Waals surface area contributed by atoms with Gasteiger partial charge in [0.25, 0.3) is 5.91 Å². The number of carbonyl (C=O) groups is 2.